The number of carbonyl (C=O) groups excluding carboxylic acids is 1. The smallest absolute Gasteiger partial charge is 0.258 e. The highest BCUT2D eigenvalue weighted by atomic mass is 32.2. The number of rotatable bonds is 8. The van der Waals surface area contributed by atoms with Gasteiger partial charge in [0.1, 0.15) is 17.4 Å². The van der Waals surface area contributed by atoms with Gasteiger partial charge in [0, 0.05) is 29.1 Å². The summed E-state index contributed by atoms with van der Waals surface area (Å²) in [6.07, 6.45) is 2.81. The van der Waals surface area contributed by atoms with Crippen LogP contribution in [0.25, 0.3) is 0 Å². The third-order valence-corrected chi connectivity index (χ3v) is 5.72. The molecular weight excluding hydrogens is 408 g/mol. The topological polar surface area (TPSA) is 85.4 Å². The summed E-state index contributed by atoms with van der Waals surface area (Å²) in [5.41, 5.74) is 1.01. The van der Waals surface area contributed by atoms with E-state index in [1.54, 1.807) is 42.6 Å². The number of hydrogen-bond donors (Lipinski definition) is 1. The Balaban J connectivity index is 1.70. The number of nitrogens with zero attached hydrogens (tertiary/aromatic N) is 1. The van der Waals surface area contributed by atoms with E-state index in [-0.39, 0.29) is 18.3 Å². The molecule has 0 aliphatic carbocycles. The Kier molecular flexibility index (Phi) is 6.90. The van der Waals surface area contributed by atoms with Gasteiger partial charge in [-0.2, -0.15) is 0 Å². The summed E-state index contributed by atoms with van der Waals surface area (Å²) in [6.45, 7) is 0.0523. The molecule has 0 bridgehead atoms. The molecule has 150 valence electrons. The lowest BCUT2D eigenvalue weighted by Crippen LogP contribution is -2.14. The van der Waals surface area contributed by atoms with E-state index in [4.69, 9.17) is 4.74 Å². The Bertz CT molecular complexity index is 1090. The minimum absolute atomic E-state index is 0.0523. The minimum atomic E-state index is -3.09. The number of nitrogens with one attached hydrogen (secondary N) is 1. The second-order valence-electron chi connectivity index (χ2n) is 6.23. The van der Waals surface area contributed by atoms with Gasteiger partial charge in [-0.3, -0.25) is 4.79 Å². The van der Waals surface area contributed by atoms with Gasteiger partial charge in [-0.05, 0) is 36.4 Å². The van der Waals surface area contributed by atoms with E-state index in [0.717, 1.165) is 11.2 Å². The molecule has 3 aromatic rings. The Hall–Kier alpha value is -2.84. The van der Waals surface area contributed by atoms with E-state index in [1.807, 2.05) is 30.3 Å². The van der Waals surface area contributed by atoms with Crippen molar-refractivity contribution in [3.05, 3.63) is 78.5 Å². The molecule has 8 heteroatoms. The van der Waals surface area contributed by atoms with Crippen LogP contribution >= 0.6 is 11.8 Å². The minimum Gasteiger partial charge on any atom is -0.492 e. The van der Waals surface area contributed by atoms with Crippen molar-refractivity contribution in [3.8, 4) is 5.75 Å². The Morgan fingerprint density at radius 2 is 1.86 bits per heavy atom. The third kappa shape index (κ3) is 6.62. The molecule has 0 aliphatic heterocycles. The second-order valence-corrected chi connectivity index (χ2v) is 9.55. The molecule has 0 unspecified atom stereocenters. The fourth-order valence-corrected chi connectivity index (χ4v) is 3.70. The largest absolute Gasteiger partial charge is 0.492 e. The molecule has 0 saturated heterocycles. The van der Waals surface area contributed by atoms with Crippen LogP contribution in [-0.2, 0) is 9.84 Å². The molecule has 0 radical (unpaired) electrons. The van der Waals surface area contributed by atoms with Crippen LogP contribution < -0.4 is 10.1 Å². The average Bonchev–Trinajstić information content (AvgIpc) is 2.68. The Morgan fingerprint density at radius 1 is 1.07 bits per heavy atom. The van der Waals surface area contributed by atoms with E-state index in [0.29, 0.717) is 22.0 Å². The number of carbonyl (C=O) groups is 1. The fourth-order valence-electron chi connectivity index (χ4n) is 2.42. The van der Waals surface area contributed by atoms with Gasteiger partial charge in [0.25, 0.3) is 5.91 Å². The van der Waals surface area contributed by atoms with E-state index in [9.17, 15) is 13.2 Å². The van der Waals surface area contributed by atoms with E-state index < -0.39 is 9.84 Å². The number of anilines is 1. The maximum absolute atomic E-state index is 12.8. The van der Waals surface area contributed by atoms with Gasteiger partial charge in [0.15, 0.2) is 9.84 Å². The molecule has 6 nitrogen and oxygen atoms in total. The maximum atomic E-state index is 12.8. The molecule has 1 aromatic heterocycles. The number of benzene rings is 2. The zero-order valence-corrected chi connectivity index (χ0v) is 17.4. The first-order valence-corrected chi connectivity index (χ1v) is 11.7. The van der Waals surface area contributed by atoms with Crippen molar-refractivity contribution in [3.63, 3.8) is 0 Å². The van der Waals surface area contributed by atoms with Crippen molar-refractivity contribution in [1.29, 1.82) is 0 Å². The van der Waals surface area contributed by atoms with Crippen LogP contribution in [0.1, 0.15) is 10.4 Å². The number of amides is 1. The van der Waals surface area contributed by atoms with Gasteiger partial charge in [-0.25, -0.2) is 13.4 Å². The third-order valence-electron chi connectivity index (χ3n) is 3.79. The molecule has 0 saturated carbocycles. The molecule has 1 amide bonds. The van der Waals surface area contributed by atoms with E-state index in [2.05, 4.69) is 10.3 Å². The Labute approximate surface area is 174 Å². The normalized spacial score (nSPS) is 11.1. The average molecular weight is 429 g/mol. The fraction of sp³-hybridized carbons (Fsp3) is 0.143. The van der Waals surface area contributed by atoms with Gasteiger partial charge in [-0.15, -0.1) is 0 Å². The highest BCUT2D eigenvalue weighted by molar-refractivity contribution is 7.99. The van der Waals surface area contributed by atoms with Crippen LogP contribution in [0.2, 0.25) is 0 Å². The van der Waals surface area contributed by atoms with Crippen LogP contribution in [-0.4, -0.2) is 37.9 Å². The van der Waals surface area contributed by atoms with Crippen molar-refractivity contribution >= 4 is 33.2 Å². The quantitative estimate of drug-likeness (QED) is 0.586. The molecular formula is C21H20N2O4S2. The van der Waals surface area contributed by atoms with Crippen molar-refractivity contribution in [2.45, 2.75) is 9.92 Å². The highest BCUT2D eigenvalue weighted by Crippen LogP contribution is 2.29. The summed E-state index contributed by atoms with van der Waals surface area (Å²) in [4.78, 5) is 18.1. The SMILES string of the molecule is CS(=O)(=O)CCOc1cccc(NC(=O)c2cccnc2Sc2ccccc2)c1. The number of ether oxygens (including phenoxy) is 1. The van der Waals surface area contributed by atoms with Gasteiger partial charge >= 0.3 is 0 Å². The van der Waals surface area contributed by atoms with E-state index >= 15 is 0 Å². The summed E-state index contributed by atoms with van der Waals surface area (Å²) < 4.78 is 27.9. The van der Waals surface area contributed by atoms with Crippen LogP contribution in [0.4, 0.5) is 5.69 Å². The van der Waals surface area contributed by atoms with Crippen LogP contribution in [0, 0.1) is 0 Å². The van der Waals surface area contributed by atoms with Crippen LogP contribution in [0.3, 0.4) is 0 Å². The number of hydrogen-bond acceptors (Lipinski definition) is 6. The van der Waals surface area contributed by atoms with Crippen molar-refractivity contribution in [2.75, 3.05) is 23.9 Å². The number of pyridine rings is 1. The number of sulfone groups is 1. The van der Waals surface area contributed by atoms with Gasteiger partial charge in [0.2, 0.25) is 0 Å². The van der Waals surface area contributed by atoms with Crippen molar-refractivity contribution < 1.29 is 17.9 Å². The molecule has 0 spiro atoms. The summed E-state index contributed by atoms with van der Waals surface area (Å²) in [6, 6.07) is 20.0. The standard InChI is InChI=1S/C21H20N2O4S2/c1-29(25,26)14-13-27-17-8-5-7-16(15-17)23-20(24)19-11-6-12-22-21(19)28-18-9-3-2-4-10-18/h2-12,15H,13-14H2,1H3,(H,23,24). The van der Waals surface area contributed by atoms with Crippen molar-refractivity contribution in [2.24, 2.45) is 0 Å². The molecule has 0 aliphatic rings. The zero-order valence-electron chi connectivity index (χ0n) is 15.7. The first-order valence-electron chi connectivity index (χ1n) is 8.80. The monoisotopic (exact) mass is 428 g/mol. The molecule has 0 atom stereocenters. The first-order chi connectivity index (χ1) is 13.9. The van der Waals surface area contributed by atoms with Crippen LogP contribution in [0.15, 0.2) is 82.8 Å². The lowest BCUT2D eigenvalue weighted by Gasteiger charge is -2.11. The molecule has 29 heavy (non-hydrogen) atoms. The summed E-state index contributed by atoms with van der Waals surface area (Å²) in [7, 11) is -3.09. The summed E-state index contributed by atoms with van der Waals surface area (Å²) in [5, 5.41) is 3.45. The predicted octanol–water partition coefficient (Wildman–Crippen LogP) is 3.91. The van der Waals surface area contributed by atoms with E-state index in [1.165, 1.54) is 11.8 Å². The van der Waals surface area contributed by atoms with Gasteiger partial charge < -0.3 is 10.1 Å². The van der Waals surface area contributed by atoms with Crippen LogP contribution in [0.5, 0.6) is 5.75 Å². The molecule has 3 rings (SSSR count). The molecule has 1 N–H and O–H groups in total. The zero-order chi connectivity index (χ0) is 20.7. The Morgan fingerprint density at radius 3 is 2.62 bits per heavy atom. The number of aromatic nitrogens is 1. The second kappa shape index (κ2) is 9.58. The van der Waals surface area contributed by atoms with Gasteiger partial charge in [-0.1, -0.05) is 36.0 Å². The predicted molar refractivity (Wildman–Crippen MR) is 114 cm³/mol. The maximum Gasteiger partial charge on any atom is 0.258 e. The molecule has 2 aromatic carbocycles. The lowest BCUT2D eigenvalue weighted by molar-refractivity contribution is 0.102. The lowest BCUT2D eigenvalue weighted by atomic mass is 10.2. The summed E-state index contributed by atoms with van der Waals surface area (Å²) >= 11 is 1.42. The van der Waals surface area contributed by atoms with Gasteiger partial charge in [0.05, 0.1) is 11.3 Å². The summed E-state index contributed by atoms with van der Waals surface area (Å²) in [5.74, 6) is 0.126. The molecule has 0 fully saturated rings. The highest BCUT2D eigenvalue weighted by Gasteiger charge is 2.14. The van der Waals surface area contributed by atoms with Crippen molar-refractivity contribution in [1.82, 2.24) is 4.98 Å². The first kappa shape index (κ1) is 20.9. The molecule has 1 heterocycles.